The Labute approximate surface area is 112 Å². The zero-order valence-corrected chi connectivity index (χ0v) is 13.3. The lowest BCUT2D eigenvalue weighted by Gasteiger charge is -2.39. The molecule has 1 aliphatic heterocycles. The molecule has 1 aliphatic rings. The zero-order chi connectivity index (χ0) is 14.4. The van der Waals surface area contributed by atoms with Gasteiger partial charge in [0.05, 0.1) is 16.8 Å². The Morgan fingerprint density at radius 2 is 1.67 bits per heavy atom. The number of rotatable bonds is 3. The van der Waals surface area contributed by atoms with E-state index in [2.05, 4.69) is 53.8 Å². The van der Waals surface area contributed by atoms with Gasteiger partial charge in [-0.3, -0.25) is 0 Å². The standard InChI is InChI=1S/C15H31NO2/c1-12(2,3)16-10-15(8,17)11-9-13(4,5)18-14(11,6)7/h11,16-17H,9-10H2,1-8H3. The number of hydrogen-bond donors (Lipinski definition) is 2. The van der Waals surface area contributed by atoms with E-state index in [4.69, 9.17) is 4.74 Å². The molecule has 1 fully saturated rings. The maximum Gasteiger partial charge on any atom is 0.0800 e. The number of aliphatic hydroxyl groups is 1. The van der Waals surface area contributed by atoms with Crippen molar-refractivity contribution in [3.63, 3.8) is 0 Å². The Morgan fingerprint density at radius 3 is 2.00 bits per heavy atom. The molecule has 108 valence electrons. The molecule has 2 N–H and O–H groups in total. The molecule has 0 spiro atoms. The fraction of sp³-hybridized carbons (Fsp3) is 1.00. The summed E-state index contributed by atoms with van der Waals surface area (Å²) < 4.78 is 6.08. The Balaban J connectivity index is 2.79. The number of nitrogens with one attached hydrogen (secondary N) is 1. The molecule has 1 saturated heterocycles. The highest BCUT2D eigenvalue weighted by molar-refractivity contribution is 5.03. The molecule has 1 rings (SSSR count). The molecule has 0 aromatic rings. The molecule has 18 heavy (non-hydrogen) atoms. The lowest BCUT2D eigenvalue weighted by atomic mass is 9.75. The molecule has 3 heteroatoms. The van der Waals surface area contributed by atoms with Crippen LogP contribution in [-0.2, 0) is 4.74 Å². The van der Waals surface area contributed by atoms with Crippen LogP contribution in [0, 0.1) is 5.92 Å². The molecular weight excluding hydrogens is 226 g/mol. The highest BCUT2D eigenvalue weighted by atomic mass is 16.5. The van der Waals surface area contributed by atoms with Crippen molar-refractivity contribution in [1.82, 2.24) is 5.32 Å². The molecule has 0 radical (unpaired) electrons. The number of ether oxygens (including phenoxy) is 1. The molecular formula is C15H31NO2. The first kappa shape index (κ1) is 15.9. The van der Waals surface area contributed by atoms with Gasteiger partial charge in [-0.2, -0.15) is 0 Å². The lowest BCUT2D eigenvalue weighted by Crippen LogP contribution is -2.53. The first-order valence-electron chi connectivity index (χ1n) is 6.93. The molecule has 0 aromatic heterocycles. The van der Waals surface area contributed by atoms with E-state index in [1.54, 1.807) is 0 Å². The second kappa shape index (κ2) is 4.46. The smallest absolute Gasteiger partial charge is 0.0800 e. The number of hydrogen-bond acceptors (Lipinski definition) is 3. The van der Waals surface area contributed by atoms with Crippen molar-refractivity contribution in [2.24, 2.45) is 5.92 Å². The number of β-amino-alcohol motifs (C(OH)–C–C–N with tert-alkyl or cyclic N) is 1. The topological polar surface area (TPSA) is 41.5 Å². The quantitative estimate of drug-likeness (QED) is 0.817. The van der Waals surface area contributed by atoms with Crippen molar-refractivity contribution >= 4 is 0 Å². The van der Waals surface area contributed by atoms with Gasteiger partial charge in [0, 0.05) is 18.0 Å². The van der Waals surface area contributed by atoms with E-state index in [0.717, 1.165) is 6.42 Å². The van der Waals surface area contributed by atoms with Gasteiger partial charge in [-0.05, 0) is 61.8 Å². The minimum atomic E-state index is -0.759. The van der Waals surface area contributed by atoms with E-state index in [0.29, 0.717) is 6.54 Å². The summed E-state index contributed by atoms with van der Waals surface area (Å²) in [5, 5.41) is 14.2. The van der Waals surface area contributed by atoms with Crippen LogP contribution in [0.25, 0.3) is 0 Å². The predicted molar refractivity (Wildman–Crippen MR) is 75.7 cm³/mol. The summed E-state index contributed by atoms with van der Waals surface area (Å²) in [5.41, 5.74) is -1.18. The maximum absolute atomic E-state index is 10.8. The molecule has 2 unspecified atom stereocenters. The van der Waals surface area contributed by atoms with Crippen molar-refractivity contribution in [3.8, 4) is 0 Å². The van der Waals surface area contributed by atoms with Crippen molar-refractivity contribution in [3.05, 3.63) is 0 Å². The Kier molecular flexibility index (Phi) is 3.95. The average molecular weight is 257 g/mol. The third-order valence-corrected chi connectivity index (χ3v) is 3.80. The van der Waals surface area contributed by atoms with Crippen molar-refractivity contribution in [2.75, 3.05) is 6.54 Å². The Hall–Kier alpha value is -0.120. The Morgan fingerprint density at radius 1 is 1.17 bits per heavy atom. The Bertz CT molecular complexity index is 300. The molecule has 0 aromatic carbocycles. The van der Waals surface area contributed by atoms with Crippen LogP contribution in [0.2, 0.25) is 0 Å². The summed E-state index contributed by atoms with van der Waals surface area (Å²) in [4.78, 5) is 0. The molecule has 1 heterocycles. The van der Waals surface area contributed by atoms with Gasteiger partial charge in [-0.15, -0.1) is 0 Å². The highest BCUT2D eigenvalue weighted by Gasteiger charge is 2.53. The van der Waals surface area contributed by atoms with Crippen LogP contribution in [0.3, 0.4) is 0 Å². The summed E-state index contributed by atoms with van der Waals surface area (Å²) in [6, 6.07) is 0. The third kappa shape index (κ3) is 3.94. The van der Waals surface area contributed by atoms with Gasteiger partial charge in [0.2, 0.25) is 0 Å². The van der Waals surface area contributed by atoms with Gasteiger partial charge in [0.1, 0.15) is 0 Å². The fourth-order valence-electron chi connectivity index (χ4n) is 3.10. The first-order chi connectivity index (χ1) is 7.75. The van der Waals surface area contributed by atoms with Gasteiger partial charge in [0.15, 0.2) is 0 Å². The third-order valence-electron chi connectivity index (χ3n) is 3.80. The second-order valence-electron chi connectivity index (χ2n) is 8.18. The summed E-state index contributed by atoms with van der Waals surface area (Å²) in [6.45, 7) is 17.2. The van der Waals surface area contributed by atoms with Gasteiger partial charge < -0.3 is 15.2 Å². The molecule has 0 aliphatic carbocycles. The molecule has 0 bridgehead atoms. The van der Waals surface area contributed by atoms with E-state index in [1.807, 2.05) is 6.92 Å². The van der Waals surface area contributed by atoms with Crippen LogP contribution in [0.4, 0.5) is 0 Å². The first-order valence-corrected chi connectivity index (χ1v) is 6.93. The molecule has 0 saturated carbocycles. The van der Waals surface area contributed by atoms with Crippen LogP contribution >= 0.6 is 0 Å². The van der Waals surface area contributed by atoms with E-state index < -0.39 is 5.60 Å². The average Bonchev–Trinajstić information content (AvgIpc) is 2.30. The van der Waals surface area contributed by atoms with E-state index >= 15 is 0 Å². The lowest BCUT2D eigenvalue weighted by molar-refractivity contribution is -0.108. The van der Waals surface area contributed by atoms with Gasteiger partial charge >= 0.3 is 0 Å². The normalized spacial score (nSPS) is 30.2. The zero-order valence-electron chi connectivity index (χ0n) is 13.3. The summed E-state index contributed by atoms with van der Waals surface area (Å²) in [6.07, 6.45) is 0.888. The molecule has 2 atom stereocenters. The van der Waals surface area contributed by atoms with Crippen LogP contribution in [0.5, 0.6) is 0 Å². The minimum absolute atomic E-state index is 0.0170. The predicted octanol–water partition coefficient (Wildman–Crippen LogP) is 2.72. The van der Waals surface area contributed by atoms with Gasteiger partial charge in [-0.1, -0.05) is 0 Å². The fourth-order valence-corrected chi connectivity index (χ4v) is 3.10. The minimum Gasteiger partial charge on any atom is -0.388 e. The van der Waals surface area contributed by atoms with Crippen LogP contribution < -0.4 is 5.32 Å². The maximum atomic E-state index is 10.8. The summed E-state index contributed by atoms with van der Waals surface area (Å²) >= 11 is 0. The van der Waals surface area contributed by atoms with Crippen molar-refractivity contribution in [1.29, 1.82) is 0 Å². The largest absolute Gasteiger partial charge is 0.388 e. The summed E-state index contributed by atoms with van der Waals surface area (Å²) in [7, 11) is 0. The van der Waals surface area contributed by atoms with Crippen molar-refractivity contribution in [2.45, 2.75) is 84.2 Å². The van der Waals surface area contributed by atoms with Crippen LogP contribution in [0.15, 0.2) is 0 Å². The molecule has 0 amide bonds. The van der Waals surface area contributed by atoms with Gasteiger partial charge in [0.25, 0.3) is 0 Å². The second-order valence-corrected chi connectivity index (χ2v) is 8.18. The highest BCUT2D eigenvalue weighted by Crippen LogP contribution is 2.46. The molecule has 3 nitrogen and oxygen atoms in total. The van der Waals surface area contributed by atoms with E-state index in [9.17, 15) is 5.11 Å². The monoisotopic (exact) mass is 257 g/mol. The summed E-state index contributed by atoms with van der Waals surface area (Å²) in [5.74, 6) is 0.134. The van der Waals surface area contributed by atoms with Gasteiger partial charge in [-0.25, -0.2) is 0 Å². The van der Waals surface area contributed by atoms with E-state index in [1.165, 1.54) is 0 Å². The van der Waals surface area contributed by atoms with Crippen LogP contribution in [0.1, 0.15) is 61.8 Å². The van der Waals surface area contributed by atoms with Crippen molar-refractivity contribution < 1.29 is 9.84 Å². The SMILES string of the molecule is CC(C)(C)NCC(C)(O)C1CC(C)(C)OC1(C)C. The van der Waals surface area contributed by atoms with Crippen LogP contribution in [-0.4, -0.2) is 34.0 Å². The van der Waals surface area contributed by atoms with E-state index in [-0.39, 0.29) is 22.7 Å².